The maximum Gasteiger partial charge on any atom is 0.235 e. The Bertz CT molecular complexity index is 884. The van der Waals surface area contributed by atoms with Crippen LogP contribution in [-0.4, -0.2) is 32.8 Å². The summed E-state index contributed by atoms with van der Waals surface area (Å²) in [5, 5.41) is 16.0. The monoisotopic (exact) mass is 377 g/mol. The normalized spacial score (nSPS) is 17.2. The van der Waals surface area contributed by atoms with Crippen LogP contribution in [0.1, 0.15) is 48.5 Å². The summed E-state index contributed by atoms with van der Waals surface area (Å²) in [5.74, 6) is 0.961. The molecule has 0 amide bonds. The highest BCUT2D eigenvalue weighted by Gasteiger charge is 2.34. The fourth-order valence-corrected chi connectivity index (χ4v) is 5.07. The van der Waals surface area contributed by atoms with E-state index in [4.69, 9.17) is 11.6 Å². The van der Waals surface area contributed by atoms with Gasteiger partial charge in [-0.15, -0.1) is 5.10 Å². The van der Waals surface area contributed by atoms with Crippen molar-refractivity contribution in [1.82, 2.24) is 14.6 Å². The first kappa shape index (κ1) is 16.8. The smallest absolute Gasteiger partial charge is 0.235 e. The molecule has 25 heavy (non-hydrogen) atoms. The van der Waals surface area contributed by atoms with Crippen LogP contribution in [0.15, 0.2) is 24.3 Å². The number of benzene rings is 1. The predicted octanol–water partition coefficient (Wildman–Crippen LogP) is 2.87. The maximum atomic E-state index is 10.9. The number of hydrogen-bond donors (Lipinski definition) is 2. The number of quaternary nitrogens is 1. The van der Waals surface area contributed by atoms with Crippen LogP contribution in [0.25, 0.3) is 4.96 Å². The summed E-state index contributed by atoms with van der Waals surface area (Å²) in [4.78, 5) is 7.63. The molecule has 0 bridgehead atoms. The van der Waals surface area contributed by atoms with E-state index in [1.54, 1.807) is 4.52 Å². The third-order valence-corrected chi connectivity index (χ3v) is 6.37. The Morgan fingerprint density at radius 1 is 1.28 bits per heavy atom. The molecule has 1 aliphatic heterocycles. The molecule has 0 spiro atoms. The van der Waals surface area contributed by atoms with E-state index >= 15 is 0 Å². The molecule has 0 unspecified atom stereocenters. The number of nitrogens with one attached hydrogen (secondary N) is 1. The maximum absolute atomic E-state index is 10.9. The van der Waals surface area contributed by atoms with Crippen LogP contribution in [-0.2, 0) is 6.42 Å². The average Bonchev–Trinajstić information content (AvgIpc) is 3.18. The number of aromatic hydroxyl groups is 1. The van der Waals surface area contributed by atoms with Crippen molar-refractivity contribution in [3.63, 3.8) is 0 Å². The van der Waals surface area contributed by atoms with Gasteiger partial charge in [0, 0.05) is 12.0 Å². The Labute approximate surface area is 155 Å². The lowest BCUT2D eigenvalue weighted by molar-refractivity contribution is -0.929. The lowest BCUT2D eigenvalue weighted by atomic mass is 10.0. The third-order valence-electron chi connectivity index (χ3n) is 4.94. The molecular formula is C18H22ClN4OS+. The summed E-state index contributed by atoms with van der Waals surface area (Å²) >= 11 is 8.06. The largest absolute Gasteiger partial charge is 0.492 e. The van der Waals surface area contributed by atoms with Gasteiger partial charge in [0.1, 0.15) is 4.88 Å². The van der Waals surface area contributed by atoms with Gasteiger partial charge in [0.25, 0.3) is 0 Å². The minimum atomic E-state index is 0.0209. The summed E-state index contributed by atoms with van der Waals surface area (Å²) in [6.45, 7) is 4.19. The van der Waals surface area contributed by atoms with Crippen molar-refractivity contribution in [2.75, 3.05) is 13.1 Å². The highest BCUT2D eigenvalue weighted by Crippen LogP contribution is 2.37. The van der Waals surface area contributed by atoms with E-state index in [0.29, 0.717) is 0 Å². The highest BCUT2D eigenvalue weighted by atomic mass is 35.5. The van der Waals surface area contributed by atoms with Crippen LogP contribution in [0.5, 0.6) is 5.88 Å². The highest BCUT2D eigenvalue weighted by molar-refractivity contribution is 7.17. The number of nitrogens with zero attached hydrogens (tertiary/aromatic N) is 3. The standard InChI is InChI=1S/C18H21ClN4OS/c1-2-14-20-18-23(21-14)17(24)16(25-18)15(22-10-6-3-7-11-22)12-8-4-5-9-13(12)19/h4-5,8-9,15,24H,2-3,6-7,10-11H2,1H3/p+1/t15-/m0/s1. The molecule has 3 heterocycles. The number of aromatic nitrogens is 3. The van der Waals surface area contributed by atoms with Crippen molar-refractivity contribution in [3.8, 4) is 5.88 Å². The van der Waals surface area contributed by atoms with E-state index in [2.05, 4.69) is 16.1 Å². The molecule has 0 saturated carbocycles. The van der Waals surface area contributed by atoms with Crippen molar-refractivity contribution in [3.05, 3.63) is 45.6 Å². The molecule has 3 aromatic rings. The van der Waals surface area contributed by atoms with Crippen LogP contribution in [0, 0.1) is 0 Å². The second-order valence-electron chi connectivity index (χ2n) is 6.54. The van der Waals surface area contributed by atoms with Crippen molar-refractivity contribution >= 4 is 27.9 Å². The molecule has 2 N–H and O–H groups in total. The molecule has 132 valence electrons. The minimum absolute atomic E-state index is 0.0209. The van der Waals surface area contributed by atoms with Gasteiger partial charge in [-0.25, -0.2) is 4.98 Å². The fourth-order valence-electron chi connectivity index (χ4n) is 3.68. The van der Waals surface area contributed by atoms with E-state index in [-0.39, 0.29) is 11.9 Å². The summed E-state index contributed by atoms with van der Waals surface area (Å²) in [7, 11) is 0. The van der Waals surface area contributed by atoms with E-state index in [1.807, 2.05) is 25.1 Å². The molecule has 0 aliphatic carbocycles. The Hall–Kier alpha value is -1.63. The van der Waals surface area contributed by atoms with E-state index in [1.165, 1.54) is 35.5 Å². The van der Waals surface area contributed by atoms with Crippen molar-refractivity contribution in [2.45, 2.75) is 38.6 Å². The molecule has 1 saturated heterocycles. The van der Waals surface area contributed by atoms with Gasteiger partial charge in [-0.3, -0.25) is 0 Å². The van der Waals surface area contributed by atoms with Gasteiger partial charge in [0.15, 0.2) is 11.9 Å². The number of thiazole rings is 1. The first-order valence-electron chi connectivity index (χ1n) is 8.85. The van der Waals surface area contributed by atoms with E-state index in [9.17, 15) is 5.11 Å². The van der Waals surface area contributed by atoms with Gasteiger partial charge in [-0.2, -0.15) is 4.52 Å². The molecule has 1 aliphatic rings. The summed E-state index contributed by atoms with van der Waals surface area (Å²) in [6.07, 6.45) is 4.45. The number of aryl methyl sites for hydroxylation is 1. The Morgan fingerprint density at radius 2 is 2.04 bits per heavy atom. The number of piperidine rings is 1. The van der Waals surface area contributed by atoms with Crippen LogP contribution in [0.4, 0.5) is 0 Å². The lowest BCUT2D eigenvalue weighted by Gasteiger charge is -2.31. The van der Waals surface area contributed by atoms with Crippen LogP contribution in [0.3, 0.4) is 0 Å². The first-order valence-corrected chi connectivity index (χ1v) is 10.0. The van der Waals surface area contributed by atoms with Crippen molar-refractivity contribution in [1.29, 1.82) is 0 Å². The Balaban J connectivity index is 1.84. The summed E-state index contributed by atoms with van der Waals surface area (Å²) < 4.78 is 1.58. The predicted molar refractivity (Wildman–Crippen MR) is 99.7 cm³/mol. The lowest BCUT2D eigenvalue weighted by Crippen LogP contribution is -3.13. The summed E-state index contributed by atoms with van der Waals surface area (Å²) in [5.41, 5.74) is 1.07. The van der Waals surface area contributed by atoms with Crippen LogP contribution >= 0.6 is 22.9 Å². The average molecular weight is 378 g/mol. The zero-order valence-electron chi connectivity index (χ0n) is 14.2. The Kier molecular flexibility index (Phi) is 4.67. The SMILES string of the molecule is CCc1nc2sc([C@H](c3ccccc3Cl)[NH+]3CCCCC3)c(O)n2n1. The van der Waals surface area contributed by atoms with Gasteiger partial charge in [0.05, 0.1) is 18.1 Å². The van der Waals surface area contributed by atoms with E-state index < -0.39 is 0 Å². The number of fused-ring (bicyclic) bond motifs is 1. The van der Waals surface area contributed by atoms with Crippen LogP contribution < -0.4 is 4.90 Å². The summed E-state index contributed by atoms with van der Waals surface area (Å²) in [6, 6.07) is 7.98. The molecule has 1 aromatic carbocycles. The van der Waals surface area contributed by atoms with Crippen LogP contribution in [0.2, 0.25) is 5.02 Å². The third kappa shape index (κ3) is 3.03. The fraction of sp³-hybridized carbons (Fsp3) is 0.444. The zero-order valence-corrected chi connectivity index (χ0v) is 15.8. The number of hydrogen-bond acceptors (Lipinski definition) is 4. The second-order valence-corrected chi connectivity index (χ2v) is 7.96. The molecule has 2 aromatic heterocycles. The molecular weight excluding hydrogens is 356 g/mol. The molecule has 5 nitrogen and oxygen atoms in total. The second kappa shape index (κ2) is 6.94. The first-order chi connectivity index (χ1) is 12.2. The number of rotatable bonds is 4. The quantitative estimate of drug-likeness (QED) is 0.735. The van der Waals surface area contributed by atoms with Gasteiger partial charge < -0.3 is 10.0 Å². The molecule has 7 heteroatoms. The number of halogens is 1. The van der Waals surface area contributed by atoms with Gasteiger partial charge in [0.2, 0.25) is 10.8 Å². The zero-order chi connectivity index (χ0) is 17.4. The molecule has 4 rings (SSSR count). The Morgan fingerprint density at radius 3 is 2.72 bits per heavy atom. The van der Waals surface area contributed by atoms with Crippen molar-refractivity contribution in [2.24, 2.45) is 0 Å². The molecule has 1 fully saturated rings. The molecule has 1 atom stereocenters. The minimum Gasteiger partial charge on any atom is -0.492 e. The number of likely N-dealkylation sites (tertiary alicyclic amines) is 1. The topological polar surface area (TPSA) is 54.9 Å². The van der Waals surface area contributed by atoms with Crippen molar-refractivity contribution < 1.29 is 10.0 Å². The van der Waals surface area contributed by atoms with Gasteiger partial charge in [-0.1, -0.05) is 48.1 Å². The van der Waals surface area contributed by atoms with Gasteiger partial charge >= 0.3 is 0 Å². The molecule has 0 radical (unpaired) electrons. The van der Waals surface area contributed by atoms with Gasteiger partial charge in [-0.05, 0) is 25.3 Å². The van der Waals surface area contributed by atoms with E-state index in [0.717, 1.165) is 45.8 Å².